The first kappa shape index (κ1) is 17.6. The zero-order valence-corrected chi connectivity index (χ0v) is 15.1. The van der Waals surface area contributed by atoms with E-state index >= 15 is 0 Å². The van der Waals surface area contributed by atoms with E-state index in [1.807, 2.05) is 13.2 Å². The molecule has 9 heteroatoms. The van der Waals surface area contributed by atoms with Gasteiger partial charge in [-0.3, -0.25) is 4.79 Å². The van der Waals surface area contributed by atoms with Crippen LogP contribution in [0.2, 0.25) is 0 Å². The molecule has 0 aliphatic heterocycles. The summed E-state index contributed by atoms with van der Waals surface area (Å²) >= 11 is 1.35. The Balaban J connectivity index is 2.37. The Morgan fingerprint density at radius 1 is 1.32 bits per heavy atom. The van der Waals surface area contributed by atoms with Crippen LogP contribution in [0.3, 0.4) is 0 Å². The number of pyridine rings is 1. The van der Waals surface area contributed by atoms with E-state index in [0.717, 1.165) is 0 Å². The van der Waals surface area contributed by atoms with Crippen molar-refractivity contribution in [3.8, 4) is 5.82 Å². The van der Waals surface area contributed by atoms with E-state index in [0.29, 0.717) is 28.6 Å². The summed E-state index contributed by atoms with van der Waals surface area (Å²) < 4.78 is 17.1. The second kappa shape index (κ2) is 6.23. The van der Waals surface area contributed by atoms with Gasteiger partial charge in [-0.15, -0.1) is 0 Å². The number of aromatic nitrogens is 5. The number of rotatable bonds is 4. The molecule has 25 heavy (non-hydrogen) atoms. The minimum absolute atomic E-state index is 0.0962. The molecule has 0 aliphatic carbocycles. The number of hydrogen-bond acceptors (Lipinski definition) is 6. The zero-order chi connectivity index (χ0) is 18.4. The fourth-order valence-electron chi connectivity index (χ4n) is 2.61. The molecule has 3 aromatic rings. The molecule has 0 aliphatic rings. The van der Waals surface area contributed by atoms with Crippen LogP contribution in [0, 0.1) is 5.82 Å². The first-order valence-electron chi connectivity index (χ1n) is 7.70. The Kier molecular flexibility index (Phi) is 4.38. The van der Waals surface area contributed by atoms with Crippen LogP contribution in [-0.4, -0.2) is 35.7 Å². The summed E-state index contributed by atoms with van der Waals surface area (Å²) in [6.07, 6.45) is 3.32. The highest BCUT2D eigenvalue weighted by Gasteiger charge is 2.25. The smallest absolute Gasteiger partial charge is 0.278 e. The van der Waals surface area contributed by atoms with Crippen molar-refractivity contribution in [1.29, 1.82) is 0 Å². The summed E-state index contributed by atoms with van der Waals surface area (Å²) in [7, 11) is 0. The first-order chi connectivity index (χ1) is 11.8. The van der Waals surface area contributed by atoms with Crippen LogP contribution < -0.4 is 5.56 Å². The van der Waals surface area contributed by atoms with Gasteiger partial charge in [-0.25, -0.2) is 28.7 Å². The van der Waals surface area contributed by atoms with Gasteiger partial charge in [-0.2, -0.15) is 0 Å². The molecule has 0 spiro atoms. The fourth-order valence-corrected chi connectivity index (χ4v) is 2.94. The Hall–Kier alpha value is -2.26. The maximum absolute atomic E-state index is 14.1. The number of thioether (sulfide) groups is 1. The molecule has 3 heterocycles. The third-order valence-electron chi connectivity index (χ3n) is 3.76. The van der Waals surface area contributed by atoms with Gasteiger partial charge in [0.1, 0.15) is 22.5 Å². The number of hydrogen-bond donors (Lipinski definition) is 1. The molecule has 0 amide bonds. The van der Waals surface area contributed by atoms with Gasteiger partial charge >= 0.3 is 0 Å². The van der Waals surface area contributed by atoms with Gasteiger partial charge in [0.05, 0.1) is 0 Å². The highest BCUT2D eigenvalue weighted by Crippen LogP contribution is 2.23. The van der Waals surface area contributed by atoms with Gasteiger partial charge in [0.25, 0.3) is 5.56 Å². The van der Waals surface area contributed by atoms with E-state index in [1.165, 1.54) is 53.3 Å². The molecular weight excluding hydrogens is 345 g/mol. The van der Waals surface area contributed by atoms with Crippen molar-refractivity contribution in [1.82, 2.24) is 24.3 Å². The molecule has 0 radical (unpaired) electrons. The largest absolute Gasteiger partial charge is 0.384 e. The van der Waals surface area contributed by atoms with E-state index in [4.69, 9.17) is 0 Å². The minimum Gasteiger partial charge on any atom is -0.384 e. The normalized spacial score (nSPS) is 12.1. The summed E-state index contributed by atoms with van der Waals surface area (Å²) in [5.41, 5.74) is -1.41. The Labute approximate surface area is 147 Å². The second-order valence-electron chi connectivity index (χ2n) is 5.99. The third-order valence-corrected chi connectivity index (χ3v) is 4.33. The quantitative estimate of drug-likeness (QED) is 0.564. The SMILES string of the molecule is CCn1c(=O)c2cnc(SC)nc2n1-c1ccc(F)c(C(C)(C)O)n1. The standard InChI is InChI=1S/C16H18FN5O2S/c1-5-21-14(23)9-8-18-15(25-4)20-13(9)22(21)11-7-6-10(17)12(19-11)16(2,3)24/h6-8,24H,5H2,1-4H3. The number of fused-ring (bicyclic) bond motifs is 1. The zero-order valence-electron chi connectivity index (χ0n) is 14.3. The van der Waals surface area contributed by atoms with Crippen LogP contribution >= 0.6 is 11.8 Å². The third kappa shape index (κ3) is 2.93. The van der Waals surface area contributed by atoms with Crippen molar-refractivity contribution < 1.29 is 9.50 Å². The van der Waals surface area contributed by atoms with E-state index in [-0.39, 0.29) is 11.3 Å². The van der Waals surface area contributed by atoms with Gasteiger partial charge in [0.15, 0.2) is 16.6 Å². The molecule has 0 saturated heterocycles. The molecule has 7 nitrogen and oxygen atoms in total. The number of aliphatic hydroxyl groups is 1. The molecule has 0 saturated carbocycles. The van der Waals surface area contributed by atoms with Crippen LogP contribution in [0.15, 0.2) is 28.3 Å². The van der Waals surface area contributed by atoms with Crippen LogP contribution in [0.5, 0.6) is 0 Å². The van der Waals surface area contributed by atoms with Gasteiger partial charge < -0.3 is 5.11 Å². The maximum Gasteiger partial charge on any atom is 0.278 e. The van der Waals surface area contributed by atoms with Gasteiger partial charge in [0.2, 0.25) is 0 Å². The van der Waals surface area contributed by atoms with Crippen LogP contribution in [-0.2, 0) is 12.1 Å². The number of halogens is 1. The van der Waals surface area contributed by atoms with Crippen molar-refractivity contribution in [2.45, 2.75) is 38.1 Å². The van der Waals surface area contributed by atoms with E-state index in [1.54, 1.807) is 0 Å². The lowest BCUT2D eigenvalue weighted by Crippen LogP contribution is -2.24. The van der Waals surface area contributed by atoms with E-state index in [2.05, 4.69) is 15.0 Å². The molecule has 0 fully saturated rings. The maximum atomic E-state index is 14.1. The minimum atomic E-state index is -1.46. The summed E-state index contributed by atoms with van der Waals surface area (Å²) in [4.78, 5) is 25.4. The molecule has 132 valence electrons. The molecule has 0 atom stereocenters. The van der Waals surface area contributed by atoms with Crippen molar-refractivity contribution >= 4 is 22.8 Å². The van der Waals surface area contributed by atoms with Gasteiger partial charge in [-0.05, 0) is 39.2 Å². The second-order valence-corrected chi connectivity index (χ2v) is 6.76. The lowest BCUT2D eigenvalue weighted by molar-refractivity contribution is 0.0694. The summed E-state index contributed by atoms with van der Waals surface area (Å²) in [5.74, 6) is -0.309. The lowest BCUT2D eigenvalue weighted by atomic mass is 10.0. The molecule has 1 N–H and O–H groups in total. The summed E-state index contributed by atoms with van der Waals surface area (Å²) in [6.45, 7) is 5.11. The van der Waals surface area contributed by atoms with Crippen LogP contribution in [0.4, 0.5) is 4.39 Å². The topological polar surface area (TPSA) is 85.8 Å². The molecule has 3 aromatic heterocycles. The predicted octanol–water partition coefficient (Wildman–Crippen LogP) is 2.09. The molecule has 0 aromatic carbocycles. The predicted molar refractivity (Wildman–Crippen MR) is 93.6 cm³/mol. The highest BCUT2D eigenvalue weighted by molar-refractivity contribution is 7.98. The Morgan fingerprint density at radius 3 is 2.64 bits per heavy atom. The molecular formula is C16H18FN5O2S. The lowest BCUT2D eigenvalue weighted by Gasteiger charge is -2.19. The molecule has 0 bridgehead atoms. The van der Waals surface area contributed by atoms with E-state index in [9.17, 15) is 14.3 Å². The average Bonchev–Trinajstić information content (AvgIpc) is 2.85. The van der Waals surface area contributed by atoms with Gasteiger partial charge in [0, 0.05) is 12.7 Å². The van der Waals surface area contributed by atoms with Crippen LogP contribution in [0.25, 0.3) is 16.9 Å². The summed E-state index contributed by atoms with van der Waals surface area (Å²) in [6, 6.07) is 2.68. The van der Waals surface area contributed by atoms with Gasteiger partial charge in [-0.1, -0.05) is 11.8 Å². The van der Waals surface area contributed by atoms with Crippen molar-refractivity contribution in [3.63, 3.8) is 0 Å². The Morgan fingerprint density at radius 2 is 2.04 bits per heavy atom. The fraction of sp³-hybridized carbons (Fsp3) is 0.375. The first-order valence-corrected chi connectivity index (χ1v) is 8.92. The highest BCUT2D eigenvalue weighted by atomic mass is 32.2. The molecule has 3 rings (SSSR count). The van der Waals surface area contributed by atoms with E-state index < -0.39 is 11.4 Å². The van der Waals surface area contributed by atoms with Crippen molar-refractivity contribution in [2.24, 2.45) is 0 Å². The van der Waals surface area contributed by atoms with Crippen molar-refractivity contribution in [2.75, 3.05) is 6.26 Å². The monoisotopic (exact) mass is 363 g/mol. The average molecular weight is 363 g/mol. The Bertz CT molecular complexity index is 1010. The summed E-state index contributed by atoms with van der Waals surface area (Å²) in [5, 5.41) is 11.0. The molecule has 0 unspecified atom stereocenters. The van der Waals surface area contributed by atoms with Crippen LogP contribution in [0.1, 0.15) is 26.5 Å². The number of nitrogens with zero attached hydrogens (tertiary/aromatic N) is 5. The van der Waals surface area contributed by atoms with Crippen molar-refractivity contribution in [3.05, 3.63) is 40.2 Å².